The van der Waals surface area contributed by atoms with Crippen LogP contribution in [-0.2, 0) is 16.1 Å². The summed E-state index contributed by atoms with van der Waals surface area (Å²) in [5.41, 5.74) is 9.25. The molecule has 0 saturated heterocycles. The maximum Gasteiger partial charge on any atom is 0.305 e. The highest BCUT2D eigenvalue weighted by atomic mass is 16.5. The van der Waals surface area contributed by atoms with Crippen LogP contribution in [-0.4, -0.2) is 53.4 Å². The first kappa shape index (κ1) is 25.5. The molecule has 1 aliphatic rings. The van der Waals surface area contributed by atoms with E-state index in [0.717, 1.165) is 54.9 Å². The number of esters is 1. The van der Waals surface area contributed by atoms with Crippen LogP contribution in [0.4, 0.5) is 5.69 Å². The van der Waals surface area contributed by atoms with E-state index in [9.17, 15) is 4.79 Å². The zero-order chi connectivity index (χ0) is 25.5. The summed E-state index contributed by atoms with van der Waals surface area (Å²) in [6.07, 6.45) is 2.22. The van der Waals surface area contributed by atoms with Crippen molar-refractivity contribution in [3.05, 3.63) is 42.0 Å². The number of fused-ring (bicyclic) bond motifs is 1. The summed E-state index contributed by atoms with van der Waals surface area (Å²) in [7, 11) is 0. The summed E-state index contributed by atoms with van der Waals surface area (Å²) in [4.78, 5) is 18.5. The Balaban J connectivity index is 1.45. The van der Waals surface area contributed by atoms with Crippen LogP contribution < -0.4 is 15.2 Å². The lowest BCUT2D eigenvalue weighted by molar-refractivity contribution is -0.143. The van der Waals surface area contributed by atoms with Crippen molar-refractivity contribution >= 4 is 11.7 Å². The van der Waals surface area contributed by atoms with Gasteiger partial charge in [0.2, 0.25) is 5.82 Å². The Hall–Kier alpha value is -3.59. The molecule has 0 spiro atoms. The van der Waals surface area contributed by atoms with Crippen molar-refractivity contribution < 1.29 is 23.5 Å². The molecule has 2 heterocycles. The number of unbranched alkanes of at least 4 members (excludes halogenated alkanes) is 1. The molecule has 3 aromatic rings. The maximum atomic E-state index is 11.6. The van der Waals surface area contributed by atoms with Crippen molar-refractivity contribution in [3.8, 4) is 34.3 Å². The Morgan fingerprint density at radius 2 is 2.08 bits per heavy atom. The van der Waals surface area contributed by atoms with Crippen LogP contribution in [0.5, 0.6) is 11.5 Å². The zero-order valence-electron chi connectivity index (χ0n) is 21.2. The van der Waals surface area contributed by atoms with Crippen LogP contribution >= 0.6 is 0 Å². The smallest absolute Gasteiger partial charge is 0.305 e. The van der Waals surface area contributed by atoms with Gasteiger partial charge in [0, 0.05) is 30.6 Å². The van der Waals surface area contributed by atoms with E-state index >= 15 is 0 Å². The zero-order valence-corrected chi connectivity index (χ0v) is 21.2. The van der Waals surface area contributed by atoms with Crippen molar-refractivity contribution in [1.29, 1.82) is 0 Å². The third-order valence-corrected chi connectivity index (χ3v) is 5.84. The molecule has 192 valence electrons. The summed E-state index contributed by atoms with van der Waals surface area (Å²) >= 11 is 0. The molecular weight excluding hydrogens is 460 g/mol. The number of carbonyl (C=O) groups is 1. The van der Waals surface area contributed by atoms with Gasteiger partial charge in [0.05, 0.1) is 24.0 Å². The largest absolute Gasteiger partial charge is 0.491 e. The lowest BCUT2D eigenvalue weighted by Gasteiger charge is -2.19. The van der Waals surface area contributed by atoms with Crippen LogP contribution in [0.25, 0.3) is 22.8 Å². The van der Waals surface area contributed by atoms with Gasteiger partial charge in [-0.05, 0) is 64.4 Å². The lowest BCUT2D eigenvalue weighted by atomic mass is 10.1. The number of nitrogens with zero attached hydrogens (tertiary/aromatic N) is 3. The molecule has 0 unspecified atom stereocenters. The molecule has 1 aromatic heterocycles. The molecule has 1 aliphatic heterocycles. The molecule has 0 fully saturated rings. The Morgan fingerprint density at radius 3 is 2.86 bits per heavy atom. The van der Waals surface area contributed by atoms with E-state index in [1.54, 1.807) is 6.07 Å². The van der Waals surface area contributed by atoms with Crippen LogP contribution in [0.1, 0.15) is 45.6 Å². The molecule has 9 heteroatoms. The number of hydrogen-bond donors (Lipinski definition) is 1. The Morgan fingerprint density at radius 1 is 1.22 bits per heavy atom. The quantitative estimate of drug-likeness (QED) is 0.243. The molecule has 4 rings (SSSR count). The molecular formula is C27H34N4O5. The summed E-state index contributed by atoms with van der Waals surface area (Å²) in [6.45, 7) is 9.15. The van der Waals surface area contributed by atoms with Gasteiger partial charge in [0.1, 0.15) is 18.1 Å². The first-order valence-electron chi connectivity index (χ1n) is 12.5. The van der Waals surface area contributed by atoms with Crippen molar-refractivity contribution in [2.24, 2.45) is 0 Å². The highest BCUT2D eigenvalue weighted by Crippen LogP contribution is 2.35. The molecule has 0 amide bonds. The maximum absolute atomic E-state index is 11.6. The topological polar surface area (TPSA) is 113 Å². The summed E-state index contributed by atoms with van der Waals surface area (Å²) in [5, 5.41) is 4.22. The van der Waals surface area contributed by atoms with Crippen molar-refractivity contribution in [3.63, 3.8) is 0 Å². The second-order valence-corrected chi connectivity index (χ2v) is 9.02. The fourth-order valence-electron chi connectivity index (χ4n) is 4.17. The van der Waals surface area contributed by atoms with Gasteiger partial charge in [-0.1, -0.05) is 17.3 Å². The van der Waals surface area contributed by atoms with E-state index in [1.807, 2.05) is 45.0 Å². The first-order chi connectivity index (χ1) is 17.4. The molecule has 2 aromatic carbocycles. The van der Waals surface area contributed by atoms with Crippen LogP contribution in [0.15, 0.2) is 40.9 Å². The minimum absolute atomic E-state index is 0.0296. The van der Waals surface area contributed by atoms with Crippen molar-refractivity contribution in [2.45, 2.75) is 52.7 Å². The van der Waals surface area contributed by atoms with Crippen LogP contribution in [0.3, 0.4) is 0 Å². The van der Waals surface area contributed by atoms with E-state index in [0.29, 0.717) is 42.8 Å². The normalized spacial score (nSPS) is 13.7. The molecule has 9 nitrogen and oxygen atoms in total. The number of anilines is 1. The van der Waals surface area contributed by atoms with Crippen molar-refractivity contribution in [1.82, 2.24) is 15.0 Å². The number of carbonyl (C=O) groups excluding carboxylic acids is 1. The number of hydrogen-bond acceptors (Lipinski definition) is 9. The number of para-hydroxylation sites is 1. The number of ether oxygens (including phenoxy) is 3. The van der Waals surface area contributed by atoms with Gasteiger partial charge in [0.15, 0.2) is 0 Å². The molecule has 0 atom stereocenters. The van der Waals surface area contributed by atoms with Gasteiger partial charge in [0.25, 0.3) is 5.89 Å². The standard InChI is InChI=1S/C27H34N4O5/c1-4-33-24(32)10-5-6-13-31-14-15-34-25-20(17-31)8-7-9-21(25)26-29-27(36-30-26)19-11-12-23(22(28)16-19)35-18(2)3/h7-9,11-12,16,18H,4-6,10,13-15,17,28H2,1-3H3. The third-order valence-electron chi connectivity index (χ3n) is 5.84. The number of rotatable bonds is 10. The lowest BCUT2D eigenvalue weighted by Crippen LogP contribution is -2.26. The number of nitrogen functional groups attached to an aromatic ring is 1. The fourth-order valence-corrected chi connectivity index (χ4v) is 4.17. The van der Waals surface area contributed by atoms with E-state index in [2.05, 4.69) is 21.1 Å². The summed E-state index contributed by atoms with van der Waals surface area (Å²) in [6, 6.07) is 11.4. The van der Waals surface area contributed by atoms with E-state index in [4.69, 9.17) is 24.5 Å². The van der Waals surface area contributed by atoms with Gasteiger partial charge >= 0.3 is 5.97 Å². The number of nitrogens with two attached hydrogens (primary N) is 1. The van der Waals surface area contributed by atoms with Crippen LogP contribution in [0.2, 0.25) is 0 Å². The Kier molecular flexibility index (Phi) is 8.43. The SMILES string of the molecule is CCOC(=O)CCCCN1CCOc2c(cccc2-c2noc(-c3ccc(OC(C)C)c(N)c3)n2)C1. The van der Waals surface area contributed by atoms with Gasteiger partial charge in [-0.3, -0.25) is 9.69 Å². The van der Waals surface area contributed by atoms with Crippen molar-refractivity contribution in [2.75, 3.05) is 32.0 Å². The second-order valence-electron chi connectivity index (χ2n) is 9.02. The monoisotopic (exact) mass is 494 g/mol. The average Bonchev–Trinajstić information content (AvgIpc) is 3.24. The predicted octanol–water partition coefficient (Wildman–Crippen LogP) is 4.70. The van der Waals surface area contributed by atoms with E-state index in [1.165, 1.54) is 0 Å². The molecule has 36 heavy (non-hydrogen) atoms. The predicted molar refractivity (Wildman–Crippen MR) is 137 cm³/mol. The second kappa shape index (κ2) is 11.9. The minimum atomic E-state index is -0.131. The summed E-state index contributed by atoms with van der Waals surface area (Å²) in [5.74, 6) is 2.11. The van der Waals surface area contributed by atoms with Gasteiger partial charge < -0.3 is 24.5 Å². The number of benzene rings is 2. The van der Waals surface area contributed by atoms with Gasteiger partial charge in [-0.2, -0.15) is 4.98 Å². The fraction of sp³-hybridized carbons (Fsp3) is 0.444. The third kappa shape index (κ3) is 6.34. The molecule has 0 radical (unpaired) electrons. The average molecular weight is 495 g/mol. The highest BCUT2D eigenvalue weighted by Gasteiger charge is 2.22. The first-order valence-corrected chi connectivity index (χ1v) is 12.5. The highest BCUT2D eigenvalue weighted by molar-refractivity contribution is 5.70. The van der Waals surface area contributed by atoms with E-state index in [-0.39, 0.29) is 12.1 Å². The molecule has 2 N–H and O–H groups in total. The molecule has 0 saturated carbocycles. The summed E-state index contributed by atoms with van der Waals surface area (Å²) < 4.78 is 22.4. The Labute approximate surface area is 211 Å². The van der Waals surface area contributed by atoms with Crippen LogP contribution in [0, 0.1) is 0 Å². The molecule has 0 bridgehead atoms. The van der Waals surface area contributed by atoms with Gasteiger partial charge in [-0.25, -0.2) is 0 Å². The molecule has 0 aliphatic carbocycles. The van der Waals surface area contributed by atoms with Gasteiger partial charge in [-0.15, -0.1) is 0 Å². The number of aromatic nitrogens is 2. The Bertz CT molecular complexity index is 1180. The van der Waals surface area contributed by atoms with E-state index < -0.39 is 0 Å². The minimum Gasteiger partial charge on any atom is -0.491 e.